The van der Waals surface area contributed by atoms with Gasteiger partial charge in [0.1, 0.15) is 0 Å². The number of sulfonamides is 1. The number of rotatable bonds is 7. The van der Waals surface area contributed by atoms with Gasteiger partial charge in [0.15, 0.2) is 4.96 Å². The Bertz CT molecular complexity index is 1540. The van der Waals surface area contributed by atoms with Gasteiger partial charge in [0.25, 0.3) is 15.6 Å². The largest absolute Gasteiger partial charge is 0.385 e. The predicted molar refractivity (Wildman–Crippen MR) is 136 cm³/mol. The minimum absolute atomic E-state index is 0.0256. The zero-order valence-electron chi connectivity index (χ0n) is 18.0. The molecule has 4 aromatic rings. The van der Waals surface area contributed by atoms with E-state index in [1.165, 1.54) is 23.5 Å². The van der Waals surface area contributed by atoms with E-state index < -0.39 is 16.0 Å². The third-order valence-electron chi connectivity index (χ3n) is 5.09. The van der Waals surface area contributed by atoms with Crippen molar-refractivity contribution >= 4 is 49.6 Å². The molecule has 0 aliphatic carbocycles. The van der Waals surface area contributed by atoms with Crippen molar-refractivity contribution < 1.29 is 8.42 Å². The van der Waals surface area contributed by atoms with Crippen LogP contribution in [0.5, 0.6) is 0 Å². The lowest BCUT2D eigenvalue weighted by Gasteiger charge is -2.10. The molecule has 0 spiro atoms. The van der Waals surface area contributed by atoms with E-state index in [1.807, 2.05) is 24.4 Å². The standard InChI is InChI=1S/C22H21ClN6O3S2/c1-13-18(10-11-26-16-6-8-17(9-7-16)34(31,32)28-21(24)25)20(30)29-19(12-33-22(29)27-13)14-2-4-15(23)5-3-14/h2-9,12,26H,10-11H2,1H3,(H4,24,25,28). The summed E-state index contributed by atoms with van der Waals surface area (Å²) in [6, 6.07) is 13.3. The number of hydrogen-bond acceptors (Lipinski definition) is 6. The van der Waals surface area contributed by atoms with Gasteiger partial charge in [-0.3, -0.25) is 9.20 Å². The van der Waals surface area contributed by atoms with Gasteiger partial charge in [-0.15, -0.1) is 15.7 Å². The van der Waals surface area contributed by atoms with Gasteiger partial charge in [0.05, 0.1) is 10.6 Å². The van der Waals surface area contributed by atoms with Crippen LogP contribution in [0.4, 0.5) is 5.69 Å². The van der Waals surface area contributed by atoms with E-state index in [4.69, 9.17) is 23.1 Å². The topological polar surface area (TPSA) is 145 Å². The molecular weight excluding hydrogens is 496 g/mol. The Balaban J connectivity index is 1.54. The zero-order chi connectivity index (χ0) is 24.5. The average molecular weight is 517 g/mol. The molecule has 0 aliphatic heterocycles. The van der Waals surface area contributed by atoms with Crippen molar-refractivity contribution in [2.24, 2.45) is 15.9 Å². The highest BCUT2D eigenvalue weighted by molar-refractivity contribution is 7.90. The summed E-state index contributed by atoms with van der Waals surface area (Å²) in [5.41, 5.74) is 13.8. The van der Waals surface area contributed by atoms with Crippen molar-refractivity contribution in [1.82, 2.24) is 9.38 Å². The fourth-order valence-corrected chi connectivity index (χ4v) is 5.39. The number of hydrogen-bond donors (Lipinski definition) is 3. The van der Waals surface area contributed by atoms with Gasteiger partial charge in [-0.1, -0.05) is 23.7 Å². The van der Waals surface area contributed by atoms with Crippen LogP contribution in [0.3, 0.4) is 0 Å². The maximum absolute atomic E-state index is 13.3. The lowest BCUT2D eigenvalue weighted by molar-refractivity contribution is 0.598. The van der Waals surface area contributed by atoms with Crippen LogP contribution >= 0.6 is 22.9 Å². The number of aryl methyl sites for hydroxylation is 1. The van der Waals surface area contributed by atoms with Crippen molar-refractivity contribution in [3.63, 3.8) is 0 Å². The monoisotopic (exact) mass is 516 g/mol. The summed E-state index contributed by atoms with van der Waals surface area (Å²) in [6.07, 6.45) is 0.435. The molecule has 5 N–H and O–H groups in total. The molecule has 34 heavy (non-hydrogen) atoms. The molecule has 2 aromatic heterocycles. The quantitative estimate of drug-likeness (QED) is 0.253. The first-order valence-corrected chi connectivity index (χ1v) is 12.8. The number of guanidine groups is 1. The molecular formula is C22H21ClN6O3S2. The Hall–Kier alpha value is -3.41. The van der Waals surface area contributed by atoms with Crippen LogP contribution in [-0.2, 0) is 16.4 Å². The van der Waals surface area contributed by atoms with E-state index in [0.717, 1.165) is 11.3 Å². The molecule has 176 valence electrons. The first-order chi connectivity index (χ1) is 16.2. The van der Waals surface area contributed by atoms with Crippen LogP contribution in [0.15, 0.2) is 68.0 Å². The van der Waals surface area contributed by atoms with E-state index in [0.29, 0.717) is 39.9 Å². The first kappa shape index (κ1) is 23.7. The smallest absolute Gasteiger partial charge is 0.285 e. The summed E-state index contributed by atoms with van der Waals surface area (Å²) in [4.78, 5) is 18.6. The molecule has 0 radical (unpaired) electrons. The second kappa shape index (κ2) is 9.45. The Kier molecular flexibility index (Phi) is 6.60. The fraction of sp³-hybridized carbons (Fsp3) is 0.136. The van der Waals surface area contributed by atoms with Crippen LogP contribution in [0.1, 0.15) is 11.3 Å². The molecule has 0 atom stereocenters. The van der Waals surface area contributed by atoms with Crippen LogP contribution < -0.4 is 22.3 Å². The number of benzene rings is 2. The SMILES string of the molecule is Cc1nc2scc(-c3ccc(Cl)cc3)n2c(=O)c1CCNc1ccc(S(=O)(=O)N=C(N)N)cc1. The molecule has 0 bridgehead atoms. The van der Waals surface area contributed by atoms with Gasteiger partial charge in [0, 0.05) is 33.9 Å². The number of anilines is 1. The van der Waals surface area contributed by atoms with E-state index in [-0.39, 0.29) is 10.5 Å². The molecule has 2 aromatic carbocycles. The fourth-order valence-electron chi connectivity index (χ4n) is 3.46. The summed E-state index contributed by atoms with van der Waals surface area (Å²) in [5, 5.41) is 5.73. The molecule has 0 aliphatic rings. The number of thiazole rings is 1. The van der Waals surface area contributed by atoms with Crippen LogP contribution in [0.25, 0.3) is 16.2 Å². The molecule has 0 unspecified atom stereocenters. The lowest BCUT2D eigenvalue weighted by Crippen LogP contribution is -2.24. The molecule has 0 amide bonds. The Morgan fingerprint density at radius 1 is 1.15 bits per heavy atom. The molecule has 9 nitrogen and oxygen atoms in total. The van der Waals surface area contributed by atoms with Gasteiger partial charge < -0.3 is 16.8 Å². The van der Waals surface area contributed by atoms with E-state index in [9.17, 15) is 13.2 Å². The number of halogens is 1. The van der Waals surface area contributed by atoms with Crippen molar-refractivity contribution in [2.75, 3.05) is 11.9 Å². The predicted octanol–water partition coefficient (Wildman–Crippen LogP) is 3.00. The summed E-state index contributed by atoms with van der Waals surface area (Å²) < 4.78 is 29.0. The summed E-state index contributed by atoms with van der Waals surface area (Å²) in [6.45, 7) is 2.27. The van der Waals surface area contributed by atoms with Gasteiger partial charge in [0.2, 0.25) is 5.96 Å². The Morgan fingerprint density at radius 3 is 2.47 bits per heavy atom. The molecule has 0 fully saturated rings. The second-order valence-electron chi connectivity index (χ2n) is 7.42. The lowest BCUT2D eigenvalue weighted by atomic mass is 10.1. The highest BCUT2D eigenvalue weighted by atomic mass is 35.5. The minimum atomic E-state index is -3.94. The zero-order valence-corrected chi connectivity index (χ0v) is 20.4. The van der Waals surface area contributed by atoms with E-state index in [2.05, 4.69) is 14.7 Å². The first-order valence-electron chi connectivity index (χ1n) is 10.1. The second-order valence-corrected chi connectivity index (χ2v) is 10.3. The maximum Gasteiger partial charge on any atom is 0.285 e. The molecule has 0 saturated carbocycles. The Morgan fingerprint density at radius 2 is 1.82 bits per heavy atom. The summed E-state index contributed by atoms with van der Waals surface area (Å²) in [5.74, 6) is -0.528. The van der Waals surface area contributed by atoms with Gasteiger partial charge in [-0.25, -0.2) is 4.98 Å². The number of nitrogens with two attached hydrogens (primary N) is 2. The number of nitrogens with zero attached hydrogens (tertiary/aromatic N) is 3. The number of fused-ring (bicyclic) bond motifs is 1. The molecule has 12 heteroatoms. The van der Waals surface area contributed by atoms with Gasteiger partial charge in [-0.05, 0) is 55.3 Å². The van der Waals surface area contributed by atoms with Gasteiger partial charge in [-0.2, -0.15) is 8.42 Å². The maximum atomic E-state index is 13.3. The van der Waals surface area contributed by atoms with E-state index in [1.54, 1.807) is 28.7 Å². The summed E-state index contributed by atoms with van der Waals surface area (Å²) >= 11 is 7.40. The molecule has 2 heterocycles. The highest BCUT2D eigenvalue weighted by Crippen LogP contribution is 2.26. The third kappa shape index (κ3) is 4.91. The molecule has 4 rings (SSSR count). The Labute approximate surface area is 204 Å². The third-order valence-corrected chi connectivity index (χ3v) is 7.49. The minimum Gasteiger partial charge on any atom is -0.385 e. The summed E-state index contributed by atoms with van der Waals surface area (Å²) in [7, 11) is -3.94. The normalized spacial score (nSPS) is 11.5. The van der Waals surface area contributed by atoms with Crippen LogP contribution in [-0.4, -0.2) is 30.3 Å². The van der Waals surface area contributed by atoms with Crippen molar-refractivity contribution in [3.05, 3.63) is 80.5 Å². The van der Waals surface area contributed by atoms with E-state index >= 15 is 0 Å². The number of aromatic nitrogens is 2. The average Bonchev–Trinajstić information content (AvgIpc) is 3.20. The van der Waals surface area contributed by atoms with Gasteiger partial charge >= 0.3 is 0 Å². The van der Waals surface area contributed by atoms with Crippen LogP contribution in [0.2, 0.25) is 5.02 Å². The highest BCUT2D eigenvalue weighted by Gasteiger charge is 2.16. The van der Waals surface area contributed by atoms with Crippen LogP contribution in [0, 0.1) is 6.92 Å². The van der Waals surface area contributed by atoms with Crippen molar-refractivity contribution in [2.45, 2.75) is 18.2 Å². The number of nitrogens with one attached hydrogen (secondary N) is 1. The van der Waals surface area contributed by atoms with Crippen molar-refractivity contribution in [3.8, 4) is 11.3 Å². The molecule has 0 saturated heterocycles. The van der Waals surface area contributed by atoms with Crippen molar-refractivity contribution in [1.29, 1.82) is 0 Å².